The fraction of sp³-hybridized carbons (Fsp3) is 0.903. The molecule has 9 unspecified atom stereocenters. The van der Waals surface area contributed by atoms with Crippen molar-refractivity contribution < 1.29 is 28.6 Å². The molecule has 0 aromatic heterocycles. The molecule has 5 aliphatic rings. The van der Waals surface area contributed by atoms with E-state index in [0.717, 1.165) is 32.1 Å². The van der Waals surface area contributed by atoms with E-state index in [0.29, 0.717) is 30.1 Å². The quantitative estimate of drug-likeness (QED) is 0.250. The highest BCUT2D eigenvalue weighted by atomic mass is 16.6. The van der Waals surface area contributed by atoms with Gasteiger partial charge >= 0.3 is 17.9 Å². The molecule has 0 spiro atoms. The van der Waals surface area contributed by atoms with E-state index in [1.807, 2.05) is 0 Å². The van der Waals surface area contributed by atoms with E-state index in [4.69, 9.17) is 9.47 Å². The van der Waals surface area contributed by atoms with E-state index in [1.54, 1.807) is 0 Å². The van der Waals surface area contributed by atoms with Gasteiger partial charge in [0.05, 0.1) is 7.11 Å². The summed E-state index contributed by atoms with van der Waals surface area (Å²) in [5.41, 5.74) is 0.247. The largest absolute Gasteiger partial charge is 0.469 e. The van der Waals surface area contributed by atoms with Crippen molar-refractivity contribution in [3.63, 3.8) is 0 Å². The lowest BCUT2D eigenvalue weighted by atomic mass is 9.35. The Morgan fingerprint density at radius 3 is 2.16 bits per heavy atom. The molecule has 0 amide bonds. The van der Waals surface area contributed by atoms with Crippen molar-refractivity contribution in [1.82, 2.24) is 0 Å². The second kappa shape index (κ2) is 8.71. The first-order chi connectivity index (χ1) is 17.2. The van der Waals surface area contributed by atoms with Crippen molar-refractivity contribution in [3.8, 4) is 0 Å². The third kappa shape index (κ3) is 3.81. The fourth-order valence-electron chi connectivity index (χ4n) is 11.0. The summed E-state index contributed by atoms with van der Waals surface area (Å²) in [6.45, 7) is 14.5. The van der Waals surface area contributed by atoms with Gasteiger partial charge in [-0.3, -0.25) is 14.4 Å². The van der Waals surface area contributed by atoms with E-state index < -0.39 is 11.9 Å². The van der Waals surface area contributed by atoms with E-state index in [2.05, 4.69) is 46.3 Å². The predicted molar refractivity (Wildman–Crippen MR) is 139 cm³/mol. The number of cyclic esters (lactones) is 1. The first-order valence-electron chi connectivity index (χ1n) is 14.7. The topological polar surface area (TPSA) is 78.9 Å². The molecule has 9 atom stereocenters. The maximum absolute atomic E-state index is 12.5. The van der Waals surface area contributed by atoms with Gasteiger partial charge in [0.1, 0.15) is 18.1 Å². The second-order valence-electron chi connectivity index (χ2n) is 14.7. The number of fused-ring (bicyclic) bond motifs is 5. The van der Waals surface area contributed by atoms with Gasteiger partial charge in [-0.15, -0.1) is 0 Å². The lowest BCUT2D eigenvalue weighted by Gasteiger charge is -2.70. The number of rotatable bonds is 4. The summed E-state index contributed by atoms with van der Waals surface area (Å²) in [6, 6.07) is 0. The highest BCUT2D eigenvalue weighted by molar-refractivity contribution is 5.91. The molecule has 6 heteroatoms. The normalized spacial score (nSPS) is 48.3. The summed E-state index contributed by atoms with van der Waals surface area (Å²) in [6.07, 6.45) is 10.0. The molecule has 1 heterocycles. The molecule has 5 rings (SSSR count). The predicted octanol–water partition coefficient (Wildman–Crippen LogP) is 6.24. The smallest absolute Gasteiger partial charge is 0.317 e. The molecule has 4 aliphatic carbocycles. The maximum atomic E-state index is 12.5. The molecule has 0 aromatic carbocycles. The zero-order chi connectivity index (χ0) is 27.0. The number of methoxy groups -OCH3 is 1. The summed E-state index contributed by atoms with van der Waals surface area (Å²) in [7, 11) is 1.30. The van der Waals surface area contributed by atoms with E-state index in [-0.39, 0.29) is 45.8 Å². The van der Waals surface area contributed by atoms with Crippen LogP contribution in [0.5, 0.6) is 0 Å². The minimum atomic E-state index is -0.544. The zero-order valence-corrected chi connectivity index (χ0v) is 24.1. The Balaban J connectivity index is 1.38. The molecular formula is C31H48O6. The number of hydrogen-bond acceptors (Lipinski definition) is 6. The van der Waals surface area contributed by atoms with Gasteiger partial charge in [-0.05, 0) is 98.7 Å². The van der Waals surface area contributed by atoms with Crippen LogP contribution in [0, 0.1) is 45.3 Å². The number of hydrogen-bond donors (Lipinski definition) is 0. The van der Waals surface area contributed by atoms with Crippen LogP contribution in [0.1, 0.15) is 112 Å². The molecular weight excluding hydrogens is 468 g/mol. The monoisotopic (exact) mass is 516 g/mol. The Hall–Kier alpha value is -1.59. The van der Waals surface area contributed by atoms with Gasteiger partial charge in [0.15, 0.2) is 0 Å². The Morgan fingerprint density at radius 2 is 1.51 bits per heavy atom. The first-order valence-corrected chi connectivity index (χ1v) is 14.7. The van der Waals surface area contributed by atoms with Gasteiger partial charge in [0.25, 0.3) is 0 Å². The van der Waals surface area contributed by atoms with Crippen LogP contribution in [0.2, 0.25) is 0 Å². The lowest BCUT2D eigenvalue weighted by Crippen LogP contribution is -2.64. The molecule has 1 aliphatic heterocycles. The van der Waals surface area contributed by atoms with Crippen molar-refractivity contribution in [2.75, 3.05) is 7.11 Å². The fourth-order valence-corrected chi connectivity index (χ4v) is 11.0. The SMILES string of the molecule is COC(=O)CC(=O)OC1CCC2(C)C(CCC3(C)C2CCC2C(C4(C)CCC(=O)O4)CCC23C)C1(C)C. The standard InChI is InChI=1S/C31H48O6/c1-27(2)21-11-16-30(5)22(28(21,3)14-12-23(27)36-26(34)18-25(33)35-7)9-8-19-20(10-15-29(19,30)4)31(6)17-13-24(32)37-31/h19-23H,8-18H2,1-7H3. The second-order valence-corrected chi connectivity index (χ2v) is 14.7. The van der Waals surface area contributed by atoms with Crippen LogP contribution < -0.4 is 0 Å². The van der Waals surface area contributed by atoms with Gasteiger partial charge in [-0.2, -0.15) is 0 Å². The molecule has 4 saturated carbocycles. The molecule has 0 aromatic rings. The van der Waals surface area contributed by atoms with Crippen LogP contribution in [-0.2, 0) is 28.6 Å². The highest BCUT2D eigenvalue weighted by Gasteiger charge is 2.70. The highest BCUT2D eigenvalue weighted by Crippen LogP contribution is 2.76. The maximum Gasteiger partial charge on any atom is 0.317 e. The number of esters is 3. The van der Waals surface area contributed by atoms with Gasteiger partial charge in [0, 0.05) is 17.8 Å². The van der Waals surface area contributed by atoms with Crippen LogP contribution in [0.25, 0.3) is 0 Å². The lowest BCUT2D eigenvalue weighted by molar-refractivity contribution is -0.230. The Kier molecular flexibility index (Phi) is 6.35. The molecule has 5 fully saturated rings. The Labute approximate surface area is 222 Å². The van der Waals surface area contributed by atoms with Crippen LogP contribution in [-0.4, -0.2) is 36.7 Å². The Bertz CT molecular complexity index is 973. The van der Waals surface area contributed by atoms with E-state index >= 15 is 0 Å². The third-order valence-corrected chi connectivity index (χ3v) is 13.1. The molecule has 0 bridgehead atoms. The van der Waals surface area contributed by atoms with Crippen LogP contribution in [0.15, 0.2) is 0 Å². The molecule has 0 radical (unpaired) electrons. The van der Waals surface area contributed by atoms with Crippen molar-refractivity contribution in [1.29, 1.82) is 0 Å². The summed E-state index contributed by atoms with van der Waals surface area (Å²) in [5, 5.41) is 0. The molecule has 1 saturated heterocycles. The molecule has 0 N–H and O–H groups in total. The van der Waals surface area contributed by atoms with Crippen molar-refractivity contribution in [3.05, 3.63) is 0 Å². The van der Waals surface area contributed by atoms with Crippen molar-refractivity contribution in [2.24, 2.45) is 45.3 Å². The number of carbonyl (C=O) groups is 3. The van der Waals surface area contributed by atoms with Crippen LogP contribution >= 0.6 is 0 Å². The Morgan fingerprint density at radius 1 is 0.811 bits per heavy atom. The number of carbonyl (C=O) groups excluding carboxylic acids is 3. The van der Waals surface area contributed by atoms with E-state index in [9.17, 15) is 14.4 Å². The average Bonchev–Trinajstić information content (AvgIpc) is 3.36. The van der Waals surface area contributed by atoms with Crippen LogP contribution in [0.4, 0.5) is 0 Å². The molecule has 37 heavy (non-hydrogen) atoms. The summed E-state index contributed by atoms with van der Waals surface area (Å²) < 4.78 is 16.6. The van der Waals surface area contributed by atoms with Gasteiger partial charge in [0.2, 0.25) is 0 Å². The third-order valence-electron chi connectivity index (χ3n) is 13.1. The first kappa shape index (κ1) is 27.0. The van der Waals surface area contributed by atoms with Crippen molar-refractivity contribution in [2.45, 2.75) is 124 Å². The minimum absolute atomic E-state index is 0.0182. The van der Waals surface area contributed by atoms with E-state index in [1.165, 1.54) is 32.8 Å². The van der Waals surface area contributed by atoms with Gasteiger partial charge < -0.3 is 14.2 Å². The summed E-state index contributed by atoms with van der Waals surface area (Å²) in [4.78, 5) is 36.2. The van der Waals surface area contributed by atoms with Gasteiger partial charge in [-0.25, -0.2) is 0 Å². The summed E-state index contributed by atoms with van der Waals surface area (Å²) in [5.74, 6) is 1.13. The molecule has 6 nitrogen and oxygen atoms in total. The molecule has 208 valence electrons. The zero-order valence-electron chi connectivity index (χ0n) is 24.1. The average molecular weight is 517 g/mol. The van der Waals surface area contributed by atoms with Crippen molar-refractivity contribution >= 4 is 17.9 Å². The number of ether oxygens (including phenoxy) is 3. The minimum Gasteiger partial charge on any atom is -0.469 e. The van der Waals surface area contributed by atoms with Gasteiger partial charge in [-0.1, -0.05) is 34.6 Å². The summed E-state index contributed by atoms with van der Waals surface area (Å²) >= 11 is 0. The van der Waals surface area contributed by atoms with Crippen LogP contribution in [0.3, 0.4) is 0 Å².